The fourth-order valence-corrected chi connectivity index (χ4v) is 2.13. The lowest BCUT2D eigenvalue weighted by Crippen LogP contribution is -2.33. The summed E-state index contributed by atoms with van der Waals surface area (Å²) in [6.07, 6.45) is 0. The number of anilines is 1. The van der Waals surface area contributed by atoms with Gasteiger partial charge in [-0.05, 0) is 19.9 Å². The third-order valence-corrected chi connectivity index (χ3v) is 2.86. The van der Waals surface area contributed by atoms with Gasteiger partial charge >= 0.3 is 0 Å². The second-order valence-corrected chi connectivity index (χ2v) is 4.26. The lowest BCUT2D eigenvalue weighted by Gasteiger charge is -2.21. The Balaban J connectivity index is 2.76. The highest BCUT2D eigenvalue weighted by Crippen LogP contribution is 2.39. The van der Waals surface area contributed by atoms with Crippen LogP contribution >= 0.6 is 0 Å². The number of amides is 1. The Bertz CT molecular complexity index is 613. The number of nitrogens with zero attached hydrogens (tertiary/aromatic N) is 3. The number of fused-ring (bicyclic) bond motifs is 1. The Labute approximate surface area is 105 Å². The van der Waals surface area contributed by atoms with Crippen molar-refractivity contribution >= 4 is 17.2 Å². The predicted octanol–water partition coefficient (Wildman–Crippen LogP) is 2.24. The van der Waals surface area contributed by atoms with Crippen LogP contribution in [0.1, 0.15) is 19.4 Å². The first kappa shape index (κ1) is 11.9. The van der Waals surface area contributed by atoms with Crippen LogP contribution in [0.4, 0.5) is 5.69 Å². The van der Waals surface area contributed by atoms with Gasteiger partial charge in [-0.25, -0.2) is 0 Å². The number of nitriles is 2. The van der Waals surface area contributed by atoms with Crippen LogP contribution in [0.2, 0.25) is 0 Å². The number of allylic oxidation sites excluding steroid dienone is 1. The number of hydrogen-bond donors (Lipinski definition) is 0. The average Bonchev–Trinajstić information content (AvgIpc) is 2.64. The summed E-state index contributed by atoms with van der Waals surface area (Å²) in [5.41, 5.74) is 1.50. The molecule has 0 radical (unpaired) electrons. The van der Waals surface area contributed by atoms with Crippen molar-refractivity contribution in [3.05, 3.63) is 35.4 Å². The van der Waals surface area contributed by atoms with E-state index in [0.717, 1.165) is 5.69 Å². The van der Waals surface area contributed by atoms with E-state index in [1.165, 1.54) is 0 Å². The highest BCUT2D eigenvalue weighted by atomic mass is 16.2. The lowest BCUT2D eigenvalue weighted by molar-refractivity contribution is -0.113. The van der Waals surface area contributed by atoms with Gasteiger partial charge in [0.05, 0.1) is 11.3 Å². The molecule has 1 aliphatic heterocycles. The molecule has 1 aromatic carbocycles. The Morgan fingerprint density at radius 2 is 1.83 bits per heavy atom. The first-order valence-electron chi connectivity index (χ1n) is 5.59. The molecule has 0 fully saturated rings. The molecule has 0 N–H and O–H groups in total. The minimum atomic E-state index is -0.274. The normalized spacial score (nSPS) is 13.3. The van der Waals surface area contributed by atoms with E-state index in [-0.39, 0.29) is 23.1 Å². The maximum absolute atomic E-state index is 12.3. The zero-order chi connectivity index (χ0) is 13.3. The number of rotatable bonds is 1. The van der Waals surface area contributed by atoms with E-state index in [9.17, 15) is 4.79 Å². The molecule has 1 aromatic rings. The zero-order valence-corrected chi connectivity index (χ0v) is 10.1. The molecule has 4 heteroatoms. The predicted molar refractivity (Wildman–Crippen MR) is 67.2 cm³/mol. The minimum absolute atomic E-state index is 0.0187. The number of carbonyl (C=O) groups excluding carboxylic acids is 1. The third-order valence-electron chi connectivity index (χ3n) is 2.86. The quantitative estimate of drug-likeness (QED) is 0.555. The van der Waals surface area contributed by atoms with Crippen LogP contribution in [0.25, 0.3) is 5.57 Å². The molecule has 1 amide bonds. The lowest BCUT2D eigenvalue weighted by atomic mass is 10.0. The third kappa shape index (κ3) is 1.56. The van der Waals surface area contributed by atoms with E-state index in [1.54, 1.807) is 29.2 Å². The molecule has 0 aliphatic carbocycles. The molecular weight excluding hydrogens is 226 g/mol. The molecule has 1 aliphatic rings. The number of para-hydroxylation sites is 1. The van der Waals surface area contributed by atoms with Crippen LogP contribution < -0.4 is 4.90 Å². The molecular formula is C14H11N3O. The standard InChI is InChI=1S/C14H11N3O/c1-9(2)17-12-6-4-3-5-11(12)13(14(17)18)10(7-15)8-16/h3-6,9H,1-2H3. The fourth-order valence-electron chi connectivity index (χ4n) is 2.13. The average molecular weight is 237 g/mol. The van der Waals surface area contributed by atoms with Crippen molar-refractivity contribution in [2.24, 2.45) is 0 Å². The van der Waals surface area contributed by atoms with Crippen molar-refractivity contribution < 1.29 is 4.79 Å². The van der Waals surface area contributed by atoms with Gasteiger partial charge in [0.2, 0.25) is 0 Å². The molecule has 0 unspecified atom stereocenters. The monoisotopic (exact) mass is 237 g/mol. The largest absolute Gasteiger partial charge is 0.305 e. The summed E-state index contributed by atoms with van der Waals surface area (Å²) < 4.78 is 0. The maximum Gasteiger partial charge on any atom is 0.261 e. The van der Waals surface area contributed by atoms with E-state index in [1.807, 2.05) is 26.0 Å². The summed E-state index contributed by atoms with van der Waals surface area (Å²) in [6.45, 7) is 3.80. The topological polar surface area (TPSA) is 67.9 Å². The van der Waals surface area contributed by atoms with Gasteiger partial charge in [-0.3, -0.25) is 4.79 Å². The Hall–Kier alpha value is -2.59. The van der Waals surface area contributed by atoms with Crippen LogP contribution in [-0.4, -0.2) is 11.9 Å². The molecule has 0 saturated heterocycles. The SMILES string of the molecule is CC(C)N1C(=O)C(=C(C#N)C#N)c2ccccc21. The summed E-state index contributed by atoms with van der Waals surface area (Å²) in [7, 11) is 0. The van der Waals surface area contributed by atoms with Gasteiger partial charge in [0.25, 0.3) is 5.91 Å². The molecule has 2 rings (SSSR count). The minimum Gasteiger partial charge on any atom is -0.305 e. The summed E-state index contributed by atoms with van der Waals surface area (Å²) in [5.74, 6) is -0.274. The number of hydrogen-bond acceptors (Lipinski definition) is 3. The van der Waals surface area contributed by atoms with Crippen molar-refractivity contribution in [1.82, 2.24) is 0 Å². The van der Waals surface area contributed by atoms with Gasteiger partial charge in [-0.2, -0.15) is 10.5 Å². The highest BCUT2D eigenvalue weighted by molar-refractivity contribution is 6.34. The first-order chi connectivity index (χ1) is 8.61. The van der Waals surface area contributed by atoms with Crippen LogP contribution in [0, 0.1) is 22.7 Å². The van der Waals surface area contributed by atoms with Gasteiger partial charge in [0, 0.05) is 11.6 Å². The Kier molecular flexibility index (Phi) is 2.87. The summed E-state index contributed by atoms with van der Waals surface area (Å²) in [6, 6.07) is 10.8. The van der Waals surface area contributed by atoms with Crippen LogP contribution in [-0.2, 0) is 4.79 Å². The van der Waals surface area contributed by atoms with E-state index < -0.39 is 0 Å². The van der Waals surface area contributed by atoms with Crippen molar-refractivity contribution in [1.29, 1.82) is 10.5 Å². The molecule has 0 spiro atoms. The van der Waals surface area contributed by atoms with Gasteiger partial charge in [-0.1, -0.05) is 18.2 Å². The summed E-state index contributed by atoms with van der Waals surface area (Å²) in [4.78, 5) is 13.9. The van der Waals surface area contributed by atoms with E-state index in [2.05, 4.69) is 0 Å². The Morgan fingerprint density at radius 1 is 1.22 bits per heavy atom. The van der Waals surface area contributed by atoms with Crippen LogP contribution in [0.3, 0.4) is 0 Å². The fraction of sp³-hybridized carbons (Fsp3) is 0.214. The molecule has 0 aromatic heterocycles. The second-order valence-electron chi connectivity index (χ2n) is 4.26. The molecule has 18 heavy (non-hydrogen) atoms. The van der Waals surface area contributed by atoms with Gasteiger partial charge in [0.15, 0.2) is 0 Å². The van der Waals surface area contributed by atoms with Gasteiger partial charge in [0.1, 0.15) is 17.7 Å². The van der Waals surface area contributed by atoms with Gasteiger partial charge in [-0.15, -0.1) is 0 Å². The Morgan fingerprint density at radius 3 is 2.39 bits per heavy atom. The number of benzene rings is 1. The summed E-state index contributed by atoms with van der Waals surface area (Å²) in [5, 5.41) is 17.9. The molecule has 4 nitrogen and oxygen atoms in total. The highest BCUT2D eigenvalue weighted by Gasteiger charge is 2.35. The molecule has 88 valence electrons. The van der Waals surface area contributed by atoms with Crippen molar-refractivity contribution in [2.75, 3.05) is 4.90 Å². The van der Waals surface area contributed by atoms with Crippen LogP contribution in [0.15, 0.2) is 29.8 Å². The van der Waals surface area contributed by atoms with Crippen LogP contribution in [0.5, 0.6) is 0 Å². The summed E-state index contributed by atoms with van der Waals surface area (Å²) >= 11 is 0. The number of carbonyl (C=O) groups is 1. The van der Waals surface area contributed by atoms with E-state index in [4.69, 9.17) is 10.5 Å². The maximum atomic E-state index is 12.3. The zero-order valence-electron chi connectivity index (χ0n) is 10.1. The molecule has 0 bridgehead atoms. The van der Waals surface area contributed by atoms with Crippen molar-refractivity contribution in [2.45, 2.75) is 19.9 Å². The van der Waals surface area contributed by atoms with Gasteiger partial charge < -0.3 is 4.90 Å². The van der Waals surface area contributed by atoms with Crippen molar-refractivity contribution in [3.63, 3.8) is 0 Å². The van der Waals surface area contributed by atoms with E-state index >= 15 is 0 Å². The molecule has 1 heterocycles. The second kappa shape index (κ2) is 4.35. The molecule has 0 saturated carbocycles. The first-order valence-corrected chi connectivity index (χ1v) is 5.59. The smallest absolute Gasteiger partial charge is 0.261 e. The van der Waals surface area contributed by atoms with Crippen molar-refractivity contribution in [3.8, 4) is 12.1 Å². The molecule has 0 atom stereocenters. The van der Waals surface area contributed by atoms with E-state index in [0.29, 0.717) is 5.56 Å².